The van der Waals surface area contributed by atoms with Crippen LogP contribution in [0.3, 0.4) is 0 Å². The van der Waals surface area contributed by atoms with Gasteiger partial charge >= 0.3 is 0 Å². The van der Waals surface area contributed by atoms with Gasteiger partial charge in [-0.15, -0.1) is 34.0 Å². The van der Waals surface area contributed by atoms with Crippen molar-refractivity contribution >= 4 is 52.8 Å². The molecule has 0 unspecified atom stereocenters. The highest BCUT2D eigenvalue weighted by Crippen LogP contribution is 2.45. The van der Waals surface area contributed by atoms with Crippen molar-refractivity contribution in [2.24, 2.45) is 0 Å². The Kier molecular flexibility index (Phi) is 15.0. The smallest absolute Gasteiger partial charge is 0.0632 e. The zero-order valence-corrected chi connectivity index (χ0v) is 25.4. The third kappa shape index (κ3) is 10.1. The summed E-state index contributed by atoms with van der Waals surface area (Å²) in [5, 5.41) is 4.94. The number of hydrogen-bond donors (Lipinski definition) is 0. The van der Waals surface area contributed by atoms with Gasteiger partial charge in [-0.1, -0.05) is 129 Å². The van der Waals surface area contributed by atoms with E-state index in [1.54, 1.807) is 29.9 Å². The fourth-order valence-corrected chi connectivity index (χ4v) is 9.53. The van der Waals surface area contributed by atoms with Gasteiger partial charge in [0.2, 0.25) is 0 Å². The molecule has 0 nitrogen and oxygen atoms in total. The molecule has 35 heavy (non-hydrogen) atoms. The van der Waals surface area contributed by atoms with E-state index in [0.717, 1.165) is 0 Å². The fraction of sp³-hybridized carbons (Fsp3) is 0.750. The number of hydrogen-bond acceptors (Lipinski definition) is 3. The number of rotatable bonds is 22. The van der Waals surface area contributed by atoms with Crippen molar-refractivity contribution < 1.29 is 0 Å². The molecule has 3 rings (SSSR count). The van der Waals surface area contributed by atoms with Gasteiger partial charge < -0.3 is 0 Å². The predicted octanol–water partition coefficient (Wildman–Crippen LogP) is 13.1. The van der Waals surface area contributed by atoms with E-state index in [9.17, 15) is 0 Å². The van der Waals surface area contributed by atoms with E-state index in [0.29, 0.717) is 0 Å². The van der Waals surface area contributed by atoms with Crippen LogP contribution >= 0.6 is 34.0 Å². The summed E-state index contributed by atoms with van der Waals surface area (Å²) in [6, 6.07) is 0. The van der Waals surface area contributed by atoms with Gasteiger partial charge in [-0.2, -0.15) is 0 Å². The third-order valence-corrected chi connectivity index (χ3v) is 11.5. The Bertz CT molecular complexity index is 839. The number of thiophene rings is 3. The lowest BCUT2D eigenvalue weighted by atomic mass is 10.0. The average molecular weight is 533 g/mol. The molecule has 0 aliphatic carbocycles. The quantitative estimate of drug-likeness (QED) is 0.113. The van der Waals surface area contributed by atoms with Crippen molar-refractivity contribution in [3.8, 4) is 0 Å². The van der Waals surface area contributed by atoms with Gasteiger partial charge in [0.15, 0.2) is 0 Å². The maximum absolute atomic E-state index is 2.47. The molecule has 0 bridgehead atoms. The third-order valence-electron chi connectivity index (χ3n) is 7.64. The average Bonchev–Trinajstić information content (AvgIpc) is 3.54. The zero-order chi connectivity index (χ0) is 24.6. The Hall–Kier alpha value is -0.380. The van der Waals surface area contributed by atoms with Gasteiger partial charge in [-0.3, -0.25) is 0 Å². The van der Waals surface area contributed by atoms with E-state index in [1.165, 1.54) is 141 Å². The van der Waals surface area contributed by atoms with Crippen molar-refractivity contribution in [3.63, 3.8) is 0 Å². The molecule has 198 valence electrons. The first-order valence-corrected chi connectivity index (χ1v) is 17.8. The van der Waals surface area contributed by atoms with Crippen LogP contribution in [0.4, 0.5) is 0 Å². The maximum Gasteiger partial charge on any atom is 0.0632 e. The van der Waals surface area contributed by atoms with Crippen molar-refractivity contribution in [2.75, 3.05) is 0 Å². The summed E-state index contributed by atoms with van der Waals surface area (Å²) >= 11 is 6.13. The molecule has 0 aliphatic heterocycles. The number of fused-ring (bicyclic) bond motifs is 3. The van der Waals surface area contributed by atoms with E-state index >= 15 is 0 Å². The van der Waals surface area contributed by atoms with E-state index in [1.807, 2.05) is 22.7 Å². The molecule has 3 heterocycles. The van der Waals surface area contributed by atoms with Crippen LogP contribution in [-0.4, -0.2) is 0 Å². The van der Waals surface area contributed by atoms with Crippen LogP contribution in [0, 0.1) is 0 Å². The van der Waals surface area contributed by atoms with Crippen LogP contribution in [0.2, 0.25) is 0 Å². The minimum Gasteiger partial charge on any atom is -0.141 e. The molecular formula is C32H52S3. The summed E-state index contributed by atoms with van der Waals surface area (Å²) in [5.41, 5.74) is 3.28. The summed E-state index contributed by atoms with van der Waals surface area (Å²) in [6.45, 7) is 4.61. The van der Waals surface area contributed by atoms with Crippen molar-refractivity contribution in [1.29, 1.82) is 0 Å². The molecule has 0 saturated heterocycles. The molecular weight excluding hydrogens is 481 g/mol. The molecule has 0 aliphatic rings. The summed E-state index contributed by atoms with van der Waals surface area (Å²) < 4.78 is 6.42. The van der Waals surface area contributed by atoms with Gasteiger partial charge in [-0.25, -0.2) is 0 Å². The molecule has 0 fully saturated rings. The van der Waals surface area contributed by atoms with Crippen LogP contribution in [0.5, 0.6) is 0 Å². The number of aryl methyl sites for hydroxylation is 2. The SMILES string of the molecule is CCCCCCCCCCCCc1csc2c1sc1c(CCCCCCCCCCCC)csc12. The van der Waals surface area contributed by atoms with Crippen LogP contribution in [-0.2, 0) is 12.8 Å². The van der Waals surface area contributed by atoms with Crippen molar-refractivity contribution in [3.05, 3.63) is 21.9 Å². The van der Waals surface area contributed by atoms with Gasteiger partial charge in [0.25, 0.3) is 0 Å². The Morgan fingerprint density at radius 3 is 1.06 bits per heavy atom. The minimum absolute atomic E-state index is 1.29. The summed E-state index contributed by atoms with van der Waals surface area (Å²) in [4.78, 5) is 0. The predicted molar refractivity (Wildman–Crippen MR) is 166 cm³/mol. The Balaban J connectivity index is 1.32. The second-order valence-corrected chi connectivity index (χ2v) is 13.6. The molecule has 0 amide bonds. The highest BCUT2D eigenvalue weighted by molar-refractivity contribution is 7.38. The molecule has 3 aromatic heterocycles. The molecule has 0 N–H and O–H groups in total. The Morgan fingerprint density at radius 2 is 0.714 bits per heavy atom. The van der Waals surface area contributed by atoms with Crippen LogP contribution < -0.4 is 0 Å². The molecule has 3 aromatic rings. The van der Waals surface area contributed by atoms with E-state index in [2.05, 4.69) is 35.9 Å². The van der Waals surface area contributed by atoms with E-state index in [-0.39, 0.29) is 0 Å². The summed E-state index contributed by atoms with van der Waals surface area (Å²) in [7, 11) is 0. The standard InChI is InChI=1S/C32H52S3/c1-3-5-7-9-11-13-15-17-19-21-23-27-25-33-31-29(27)35-30-28(26-34-32(30)31)24-22-20-18-16-14-12-10-8-6-4-2/h25-26H,3-24H2,1-2H3. The molecule has 0 aromatic carbocycles. The monoisotopic (exact) mass is 532 g/mol. The molecule has 0 radical (unpaired) electrons. The highest BCUT2D eigenvalue weighted by atomic mass is 32.1. The number of unbranched alkanes of at least 4 members (excludes halogenated alkanes) is 18. The van der Waals surface area contributed by atoms with Crippen LogP contribution in [0.1, 0.15) is 153 Å². The Labute approximate surface area is 228 Å². The fourth-order valence-electron chi connectivity index (χ4n) is 5.36. The lowest BCUT2D eigenvalue weighted by Gasteiger charge is -2.02. The lowest BCUT2D eigenvalue weighted by molar-refractivity contribution is 0.556. The van der Waals surface area contributed by atoms with Gasteiger partial charge in [0.05, 0.1) is 18.8 Å². The van der Waals surface area contributed by atoms with Crippen molar-refractivity contribution in [1.82, 2.24) is 0 Å². The van der Waals surface area contributed by atoms with Gasteiger partial charge in [-0.05, 0) is 47.6 Å². The first kappa shape index (κ1) is 29.2. The van der Waals surface area contributed by atoms with Gasteiger partial charge in [0, 0.05) is 0 Å². The lowest BCUT2D eigenvalue weighted by Crippen LogP contribution is -1.85. The molecule has 0 saturated carbocycles. The minimum atomic E-state index is 1.29. The summed E-state index contributed by atoms with van der Waals surface area (Å²) in [6.07, 6.45) is 31.1. The first-order valence-electron chi connectivity index (χ1n) is 15.2. The van der Waals surface area contributed by atoms with Crippen LogP contribution in [0.25, 0.3) is 18.8 Å². The normalized spacial score (nSPS) is 11.9. The summed E-state index contributed by atoms with van der Waals surface area (Å²) in [5.74, 6) is 0. The van der Waals surface area contributed by atoms with E-state index in [4.69, 9.17) is 0 Å². The topological polar surface area (TPSA) is 0 Å². The van der Waals surface area contributed by atoms with Crippen LogP contribution in [0.15, 0.2) is 10.8 Å². The second kappa shape index (κ2) is 18.0. The van der Waals surface area contributed by atoms with Gasteiger partial charge in [0.1, 0.15) is 0 Å². The highest BCUT2D eigenvalue weighted by Gasteiger charge is 2.15. The molecule has 0 spiro atoms. The van der Waals surface area contributed by atoms with Crippen molar-refractivity contribution in [2.45, 2.75) is 155 Å². The maximum atomic E-state index is 2.47. The van der Waals surface area contributed by atoms with E-state index < -0.39 is 0 Å². The zero-order valence-electron chi connectivity index (χ0n) is 22.9. The largest absolute Gasteiger partial charge is 0.141 e. The first-order chi connectivity index (χ1) is 17.3. The molecule has 3 heteroatoms. The Morgan fingerprint density at radius 1 is 0.400 bits per heavy atom. The molecule has 0 atom stereocenters. The second-order valence-electron chi connectivity index (χ2n) is 10.8.